The van der Waals surface area contributed by atoms with Crippen molar-refractivity contribution in [1.82, 2.24) is 0 Å². The largest absolute Gasteiger partial charge is 0.327 e. The van der Waals surface area contributed by atoms with Crippen molar-refractivity contribution in [1.29, 1.82) is 0 Å². The first kappa shape index (κ1) is 7.60. The monoisotopic (exact) mass is 153 g/mol. The molecule has 2 atom stereocenters. The summed E-state index contributed by atoms with van der Waals surface area (Å²) in [6.07, 6.45) is 9.98. The third kappa shape index (κ3) is 1.44. The molecule has 2 aliphatic carbocycles. The van der Waals surface area contributed by atoms with Gasteiger partial charge < -0.3 is 5.73 Å². The number of hydrogen-bond acceptors (Lipinski definition) is 1. The quantitative estimate of drug-likeness (QED) is 0.614. The fraction of sp³-hybridized carbons (Fsp3) is 1.00. The Hall–Kier alpha value is -0.0400. The maximum atomic E-state index is 6.06. The highest BCUT2D eigenvalue weighted by Crippen LogP contribution is 2.39. The first-order chi connectivity index (χ1) is 5.38. The predicted octanol–water partition coefficient (Wildman–Crippen LogP) is 2.30. The topological polar surface area (TPSA) is 26.0 Å². The first-order valence-corrected chi connectivity index (χ1v) is 5.13. The molecule has 2 unspecified atom stereocenters. The average Bonchev–Trinajstić information content (AvgIpc) is 2.55. The van der Waals surface area contributed by atoms with Gasteiger partial charge in [-0.15, -0.1) is 0 Å². The van der Waals surface area contributed by atoms with Gasteiger partial charge in [-0.05, 0) is 24.7 Å². The molecule has 0 radical (unpaired) electrons. The highest BCUT2D eigenvalue weighted by Gasteiger charge is 2.32. The van der Waals surface area contributed by atoms with Crippen molar-refractivity contribution in [3.8, 4) is 0 Å². The molecule has 0 bridgehead atoms. The van der Waals surface area contributed by atoms with Crippen molar-refractivity contribution in [3.05, 3.63) is 0 Å². The van der Waals surface area contributed by atoms with E-state index in [1.807, 2.05) is 0 Å². The van der Waals surface area contributed by atoms with Crippen LogP contribution in [0.1, 0.15) is 44.9 Å². The Labute approximate surface area is 69.4 Å². The summed E-state index contributed by atoms with van der Waals surface area (Å²) >= 11 is 0. The third-order valence-corrected chi connectivity index (χ3v) is 3.63. The first-order valence-electron chi connectivity index (χ1n) is 5.13. The molecule has 2 N–H and O–H groups in total. The van der Waals surface area contributed by atoms with Crippen LogP contribution in [-0.4, -0.2) is 6.04 Å². The van der Waals surface area contributed by atoms with E-state index in [-0.39, 0.29) is 0 Å². The van der Waals surface area contributed by atoms with E-state index in [1.54, 1.807) is 0 Å². The van der Waals surface area contributed by atoms with Gasteiger partial charge >= 0.3 is 0 Å². The van der Waals surface area contributed by atoms with Gasteiger partial charge in [0.2, 0.25) is 0 Å². The van der Waals surface area contributed by atoms with Crippen LogP contribution in [-0.2, 0) is 0 Å². The Morgan fingerprint density at radius 1 is 0.818 bits per heavy atom. The molecule has 0 heterocycles. The zero-order valence-electron chi connectivity index (χ0n) is 7.26. The molecule has 0 aliphatic heterocycles. The predicted molar refractivity (Wildman–Crippen MR) is 47.3 cm³/mol. The van der Waals surface area contributed by atoms with Crippen molar-refractivity contribution < 1.29 is 0 Å². The van der Waals surface area contributed by atoms with Crippen LogP contribution >= 0.6 is 0 Å². The molecule has 0 amide bonds. The van der Waals surface area contributed by atoms with Crippen molar-refractivity contribution in [2.75, 3.05) is 0 Å². The van der Waals surface area contributed by atoms with Crippen molar-refractivity contribution in [2.24, 2.45) is 17.6 Å². The lowest BCUT2D eigenvalue weighted by atomic mass is 9.87. The minimum absolute atomic E-state index is 0.554. The molecule has 0 saturated heterocycles. The van der Waals surface area contributed by atoms with Crippen molar-refractivity contribution >= 4 is 0 Å². The summed E-state index contributed by atoms with van der Waals surface area (Å²) in [5.74, 6) is 1.91. The summed E-state index contributed by atoms with van der Waals surface area (Å²) in [5.41, 5.74) is 6.06. The normalized spacial score (nSPS) is 40.1. The lowest BCUT2D eigenvalue weighted by molar-refractivity contribution is 0.316. The minimum atomic E-state index is 0.554. The fourth-order valence-corrected chi connectivity index (χ4v) is 2.99. The van der Waals surface area contributed by atoms with Crippen LogP contribution in [0.25, 0.3) is 0 Å². The molecule has 64 valence electrons. The summed E-state index contributed by atoms with van der Waals surface area (Å²) in [7, 11) is 0. The van der Waals surface area contributed by atoms with Gasteiger partial charge in [0.25, 0.3) is 0 Å². The maximum Gasteiger partial charge on any atom is 0.00698 e. The molecule has 2 fully saturated rings. The van der Waals surface area contributed by atoms with Gasteiger partial charge in [-0.25, -0.2) is 0 Å². The van der Waals surface area contributed by atoms with E-state index in [4.69, 9.17) is 5.73 Å². The van der Waals surface area contributed by atoms with Gasteiger partial charge in [-0.1, -0.05) is 32.1 Å². The highest BCUT2D eigenvalue weighted by atomic mass is 14.7. The van der Waals surface area contributed by atoms with Gasteiger partial charge in [0.05, 0.1) is 0 Å². The average molecular weight is 153 g/mol. The minimum Gasteiger partial charge on any atom is -0.327 e. The number of hydrogen-bond donors (Lipinski definition) is 1. The third-order valence-electron chi connectivity index (χ3n) is 3.63. The maximum absolute atomic E-state index is 6.06. The van der Waals surface area contributed by atoms with E-state index in [0.717, 1.165) is 11.8 Å². The molecule has 0 spiro atoms. The molecule has 2 rings (SSSR count). The van der Waals surface area contributed by atoms with Crippen molar-refractivity contribution in [2.45, 2.75) is 51.0 Å². The molecule has 11 heavy (non-hydrogen) atoms. The van der Waals surface area contributed by atoms with Crippen LogP contribution in [0, 0.1) is 11.8 Å². The van der Waals surface area contributed by atoms with Crippen LogP contribution in [0.2, 0.25) is 0 Å². The van der Waals surface area contributed by atoms with Crippen LogP contribution in [0.4, 0.5) is 0 Å². The molecular weight excluding hydrogens is 134 g/mol. The van der Waals surface area contributed by atoms with E-state index < -0.39 is 0 Å². The molecule has 1 nitrogen and oxygen atoms in total. The van der Waals surface area contributed by atoms with Gasteiger partial charge in [0.15, 0.2) is 0 Å². The Bertz CT molecular complexity index is 127. The standard InChI is InChI=1S/C10H19N/c11-10-7-3-6-9(10)8-4-1-2-5-8/h8-10H,1-7,11H2. The zero-order valence-corrected chi connectivity index (χ0v) is 7.26. The number of rotatable bonds is 1. The second-order valence-electron chi connectivity index (χ2n) is 4.30. The number of nitrogens with two attached hydrogens (primary N) is 1. The molecule has 0 aromatic rings. The molecule has 0 aromatic carbocycles. The van der Waals surface area contributed by atoms with Gasteiger partial charge in [-0.3, -0.25) is 0 Å². The lowest BCUT2D eigenvalue weighted by Crippen LogP contribution is -2.29. The summed E-state index contributed by atoms with van der Waals surface area (Å²) in [4.78, 5) is 0. The summed E-state index contributed by atoms with van der Waals surface area (Å²) in [6.45, 7) is 0. The SMILES string of the molecule is NC1CCCC1C1CCCC1. The molecule has 1 heteroatoms. The molecule has 2 aliphatic rings. The molecular formula is C10H19N. The van der Waals surface area contributed by atoms with Crippen LogP contribution in [0.15, 0.2) is 0 Å². The second-order valence-corrected chi connectivity index (χ2v) is 4.30. The highest BCUT2D eigenvalue weighted by molar-refractivity contribution is 4.87. The van der Waals surface area contributed by atoms with E-state index in [2.05, 4.69) is 0 Å². The van der Waals surface area contributed by atoms with Crippen LogP contribution in [0.3, 0.4) is 0 Å². The fourth-order valence-electron chi connectivity index (χ4n) is 2.99. The Morgan fingerprint density at radius 3 is 2.09 bits per heavy atom. The van der Waals surface area contributed by atoms with Crippen LogP contribution in [0.5, 0.6) is 0 Å². The van der Waals surface area contributed by atoms with E-state index in [0.29, 0.717) is 6.04 Å². The molecule has 0 aromatic heterocycles. The molecule has 2 saturated carbocycles. The Morgan fingerprint density at radius 2 is 1.55 bits per heavy atom. The summed E-state index contributed by atoms with van der Waals surface area (Å²) in [6, 6.07) is 0.554. The van der Waals surface area contributed by atoms with Gasteiger partial charge in [-0.2, -0.15) is 0 Å². The van der Waals surface area contributed by atoms with Crippen molar-refractivity contribution in [3.63, 3.8) is 0 Å². The van der Waals surface area contributed by atoms with E-state index in [1.165, 1.54) is 44.9 Å². The van der Waals surface area contributed by atoms with E-state index in [9.17, 15) is 0 Å². The Kier molecular flexibility index (Phi) is 2.17. The van der Waals surface area contributed by atoms with Gasteiger partial charge in [0, 0.05) is 6.04 Å². The van der Waals surface area contributed by atoms with E-state index >= 15 is 0 Å². The zero-order chi connectivity index (χ0) is 7.68. The lowest BCUT2D eigenvalue weighted by Gasteiger charge is -2.21. The Balaban J connectivity index is 1.92. The smallest absolute Gasteiger partial charge is 0.00698 e. The second kappa shape index (κ2) is 3.14. The van der Waals surface area contributed by atoms with Gasteiger partial charge in [0.1, 0.15) is 0 Å². The summed E-state index contributed by atoms with van der Waals surface area (Å²) < 4.78 is 0. The summed E-state index contributed by atoms with van der Waals surface area (Å²) in [5, 5.41) is 0. The van der Waals surface area contributed by atoms with Crippen LogP contribution < -0.4 is 5.73 Å².